The van der Waals surface area contributed by atoms with Gasteiger partial charge in [0.25, 0.3) is 0 Å². The maximum absolute atomic E-state index is 13.3. The average Bonchev–Trinajstić information content (AvgIpc) is 2.74. The number of aryl methyl sites for hydroxylation is 2. The summed E-state index contributed by atoms with van der Waals surface area (Å²) in [6, 6.07) is 12.9. The molecule has 0 heterocycles. The zero-order valence-electron chi connectivity index (χ0n) is 18.8. The van der Waals surface area contributed by atoms with Gasteiger partial charge in [-0.1, -0.05) is 72.9 Å². The Hall–Kier alpha value is -2.04. The van der Waals surface area contributed by atoms with Gasteiger partial charge in [0.05, 0.1) is 0 Å². The van der Waals surface area contributed by atoms with Gasteiger partial charge in [-0.15, -0.1) is 0 Å². The Bertz CT molecular complexity index is 863. The second kappa shape index (κ2) is 12.1. The van der Waals surface area contributed by atoms with Crippen LogP contribution in [0.2, 0.25) is 10.0 Å². The van der Waals surface area contributed by atoms with Gasteiger partial charge < -0.3 is 10.2 Å². The van der Waals surface area contributed by atoms with Crippen molar-refractivity contribution in [2.45, 2.75) is 72.0 Å². The van der Waals surface area contributed by atoms with E-state index >= 15 is 0 Å². The van der Waals surface area contributed by atoms with Crippen LogP contribution in [-0.4, -0.2) is 28.8 Å². The van der Waals surface area contributed by atoms with E-state index in [-0.39, 0.29) is 24.4 Å². The van der Waals surface area contributed by atoms with Crippen LogP contribution in [0.15, 0.2) is 42.5 Å². The molecule has 4 nitrogen and oxygen atoms in total. The second-order valence-corrected chi connectivity index (χ2v) is 8.76. The van der Waals surface area contributed by atoms with E-state index in [4.69, 9.17) is 23.2 Å². The fourth-order valence-electron chi connectivity index (χ4n) is 3.36. The van der Waals surface area contributed by atoms with Crippen LogP contribution >= 0.6 is 23.2 Å². The minimum Gasteiger partial charge on any atom is -0.352 e. The molecule has 31 heavy (non-hydrogen) atoms. The normalized spacial score (nSPS) is 12.8. The van der Waals surface area contributed by atoms with Gasteiger partial charge in [-0.25, -0.2) is 0 Å². The third-order valence-corrected chi connectivity index (χ3v) is 6.23. The lowest BCUT2D eigenvalue weighted by Gasteiger charge is -2.32. The fraction of sp³-hybridized carbons (Fsp3) is 0.440. The first kappa shape index (κ1) is 25.2. The maximum Gasteiger partial charge on any atom is 0.243 e. The average molecular weight is 463 g/mol. The van der Waals surface area contributed by atoms with Gasteiger partial charge in [-0.2, -0.15) is 0 Å². The van der Waals surface area contributed by atoms with Crippen molar-refractivity contribution in [3.63, 3.8) is 0 Å². The molecule has 0 saturated heterocycles. The molecule has 2 atom stereocenters. The Morgan fingerprint density at radius 1 is 1.00 bits per heavy atom. The highest BCUT2D eigenvalue weighted by Gasteiger charge is 2.30. The highest BCUT2D eigenvalue weighted by atomic mass is 35.5. The first-order valence-corrected chi connectivity index (χ1v) is 11.6. The molecule has 2 aromatic rings. The molecule has 0 unspecified atom stereocenters. The Morgan fingerprint density at radius 3 is 2.16 bits per heavy atom. The Kier molecular flexibility index (Phi) is 9.86. The van der Waals surface area contributed by atoms with Crippen molar-refractivity contribution < 1.29 is 9.59 Å². The molecule has 6 heteroatoms. The second-order valence-electron chi connectivity index (χ2n) is 7.95. The molecule has 2 rings (SSSR count). The lowest BCUT2D eigenvalue weighted by molar-refractivity contribution is -0.141. The van der Waals surface area contributed by atoms with E-state index in [0.717, 1.165) is 12.0 Å². The summed E-state index contributed by atoms with van der Waals surface area (Å²) >= 11 is 12.8. The number of nitrogens with zero attached hydrogens (tertiary/aromatic N) is 1. The highest BCUT2D eigenvalue weighted by Crippen LogP contribution is 2.27. The van der Waals surface area contributed by atoms with Crippen LogP contribution < -0.4 is 5.32 Å². The highest BCUT2D eigenvalue weighted by molar-refractivity contribution is 6.36. The first-order valence-electron chi connectivity index (χ1n) is 10.8. The maximum atomic E-state index is 13.3. The third kappa shape index (κ3) is 7.26. The molecule has 0 aliphatic rings. The van der Waals surface area contributed by atoms with Crippen molar-refractivity contribution >= 4 is 35.0 Å². The largest absolute Gasteiger partial charge is 0.352 e. The summed E-state index contributed by atoms with van der Waals surface area (Å²) in [4.78, 5) is 27.9. The van der Waals surface area contributed by atoms with E-state index < -0.39 is 6.04 Å². The minimum atomic E-state index is -0.591. The van der Waals surface area contributed by atoms with Crippen molar-refractivity contribution in [3.05, 3.63) is 69.2 Å². The fourth-order valence-corrected chi connectivity index (χ4v) is 3.88. The van der Waals surface area contributed by atoms with Crippen molar-refractivity contribution in [2.24, 2.45) is 0 Å². The summed E-state index contributed by atoms with van der Waals surface area (Å²) in [5, 5.41) is 3.99. The Balaban J connectivity index is 2.27. The lowest BCUT2D eigenvalue weighted by atomic mass is 10.0. The minimum absolute atomic E-state index is 0.0370. The van der Waals surface area contributed by atoms with Gasteiger partial charge in [0.2, 0.25) is 11.8 Å². The van der Waals surface area contributed by atoms with E-state index in [2.05, 4.69) is 5.32 Å². The molecule has 0 radical (unpaired) electrons. The quantitative estimate of drug-likeness (QED) is 0.473. The molecule has 0 aromatic heterocycles. The predicted octanol–water partition coefficient (Wildman–Crippen LogP) is 5.96. The molecule has 168 valence electrons. The van der Waals surface area contributed by atoms with Crippen LogP contribution in [0.4, 0.5) is 0 Å². The van der Waals surface area contributed by atoms with Gasteiger partial charge in [0, 0.05) is 34.6 Å². The molecule has 1 N–H and O–H groups in total. The molecule has 0 bridgehead atoms. The lowest BCUT2D eigenvalue weighted by Crippen LogP contribution is -2.50. The summed E-state index contributed by atoms with van der Waals surface area (Å²) in [5.41, 5.74) is 2.92. The number of nitrogens with one attached hydrogen (secondary N) is 1. The Labute approximate surface area is 195 Å². The molecule has 0 fully saturated rings. The number of hydrogen-bond donors (Lipinski definition) is 1. The molecular formula is C25H32Cl2N2O2. The van der Waals surface area contributed by atoms with Gasteiger partial charge in [-0.05, 0) is 50.8 Å². The Morgan fingerprint density at radius 2 is 1.61 bits per heavy atom. The molecule has 0 saturated carbocycles. The molecule has 0 aliphatic heterocycles. The number of amides is 2. The number of carbonyl (C=O) groups is 2. The predicted molar refractivity (Wildman–Crippen MR) is 128 cm³/mol. The van der Waals surface area contributed by atoms with Crippen LogP contribution in [0.1, 0.15) is 56.7 Å². The van der Waals surface area contributed by atoms with Gasteiger partial charge >= 0.3 is 0 Å². The van der Waals surface area contributed by atoms with E-state index in [0.29, 0.717) is 34.9 Å². The number of benzene rings is 2. The first-order chi connectivity index (χ1) is 14.8. The molecule has 2 amide bonds. The van der Waals surface area contributed by atoms with Crippen LogP contribution in [0.25, 0.3) is 0 Å². The van der Waals surface area contributed by atoms with Crippen LogP contribution in [0.5, 0.6) is 0 Å². The van der Waals surface area contributed by atoms with Crippen LogP contribution in [0, 0.1) is 6.92 Å². The number of rotatable bonds is 10. The SMILES string of the molecule is CC[C@@H](C)NC(=O)[C@@H](CC)N(Cc1c(Cl)cccc1Cl)C(=O)CCc1ccc(C)cc1. The number of halogens is 2. The zero-order chi connectivity index (χ0) is 23.0. The molecule has 0 aliphatic carbocycles. The number of hydrogen-bond acceptors (Lipinski definition) is 2. The van der Waals surface area contributed by atoms with Crippen molar-refractivity contribution in [1.82, 2.24) is 10.2 Å². The van der Waals surface area contributed by atoms with Crippen molar-refractivity contribution in [2.75, 3.05) is 0 Å². The van der Waals surface area contributed by atoms with E-state index in [1.807, 2.05) is 52.0 Å². The summed E-state index contributed by atoms with van der Waals surface area (Å²) in [5.74, 6) is -0.244. The molecular weight excluding hydrogens is 431 g/mol. The molecule has 2 aromatic carbocycles. The molecule has 0 spiro atoms. The van der Waals surface area contributed by atoms with Crippen molar-refractivity contribution in [1.29, 1.82) is 0 Å². The zero-order valence-corrected chi connectivity index (χ0v) is 20.3. The van der Waals surface area contributed by atoms with Gasteiger partial charge in [0.15, 0.2) is 0 Å². The van der Waals surface area contributed by atoms with E-state index in [1.54, 1.807) is 23.1 Å². The monoisotopic (exact) mass is 462 g/mol. The van der Waals surface area contributed by atoms with E-state index in [1.165, 1.54) is 5.56 Å². The summed E-state index contributed by atoms with van der Waals surface area (Å²) in [6.07, 6.45) is 2.23. The third-order valence-electron chi connectivity index (χ3n) is 5.53. The van der Waals surface area contributed by atoms with Gasteiger partial charge in [-0.3, -0.25) is 9.59 Å². The smallest absolute Gasteiger partial charge is 0.243 e. The topological polar surface area (TPSA) is 49.4 Å². The summed E-state index contributed by atoms with van der Waals surface area (Å²) in [7, 11) is 0. The van der Waals surface area contributed by atoms with Gasteiger partial charge in [0.1, 0.15) is 6.04 Å². The van der Waals surface area contributed by atoms with Crippen LogP contribution in [-0.2, 0) is 22.6 Å². The summed E-state index contributed by atoms with van der Waals surface area (Å²) < 4.78 is 0. The van der Waals surface area contributed by atoms with Crippen LogP contribution in [0.3, 0.4) is 0 Å². The van der Waals surface area contributed by atoms with E-state index in [9.17, 15) is 9.59 Å². The summed E-state index contributed by atoms with van der Waals surface area (Å²) in [6.45, 7) is 8.11. The standard InChI is InChI=1S/C25H32Cl2N2O2/c1-5-18(4)28-25(31)23(6-2)29(16-20-21(26)8-7-9-22(20)27)24(30)15-14-19-12-10-17(3)11-13-19/h7-13,18,23H,5-6,14-16H2,1-4H3,(H,28,31)/t18-,23-/m1/s1. The number of carbonyl (C=O) groups excluding carboxylic acids is 2. The van der Waals surface area contributed by atoms with Crippen molar-refractivity contribution in [3.8, 4) is 0 Å².